The third kappa shape index (κ3) is 27.3. The molecule has 5 nitrogen and oxygen atoms in total. The number of hydrogen-bond donors (Lipinski definition) is 2. The molecule has 132 valence electrons. The molecule has 0 radical (unpaired) electrons. The Morgan fingerprint density at radius 3 is 1.41 bits per heavy atom. The van der Waals surface area contributed by atoms with Crippen LogP contribution in [0.25, 0.3) is 0 Å². The Kier molecular flexibility index (Phi) is 15.6. The van der Waals surface area contributed by atoms with Gasteiger partial charge in [-0.05, 0) is 6.42 Å². The second-order valence-electron chi connectivity index (χ2n) is 6.81. The summed E-state index contributed by atoms with van der Waals surface area (Å²) in [4.78, 5) is 20.2. The summed E-state index contributed by atoms with van der Waals surface area (Å²) in [6.45, 7) is 2.41. The minimum absolute atomic E-state index is 0.181. The summed E-state index contributed by atoms with van der Waals surface area (Å²) in [5.41, 5.74) is 0. The van der Waals surface area contributed by atoms with Crippen LogP contribution in [-0.4, -0.2) is 54.3 Å². The lowest BCUT2D eigenvalue weighted by Crippen LogP contribution is -2.39. The Morgan fingerprint density at radius 2 is 1.14 bits per heavy atom. The molecular formula is C17H36NO4+. The van der Waals surface area contributed by atoms with Crippen LogP contribution in [0.1, 0.15) is 71.1 Å². The number of carboxylic acid groups (broad SMARTS) is 2. The highest BCUT2D eigenvalue weighted by Gasteiger charge is 2.11. The zero-order valence-electron chi connectivity index (χ0n) is 14.9. The smallest absolute Gasteiger partial charge is 0.359 e. The van der Waals surface area contributed by atoms with Crippen molar-refractivity contribution in [1.29, 1.82) is 0 Å². The van der Waals surface area contributed by atoms with Crippen molar-refractivity contribution in [2.45, 2.75) is 71.1 Å². The van der Waals surface area contributed by atoms with Gasteiger partial charge in [0.2, 0.25) is 0 Å². The molecule has 2 N–H and O–H groups in total. The van der Waals surface area contributed by atoms with E-state index in [2.05, 4.69) is 6.92 Å². The summed E-state index contributed by atoms with van der Waals surface area (Å²) in [6, 6.07) is 0. The van der Waals surface area contributed by atoms with Gasteiger partial charge < -0.3 is 14.7 Å². The maximum atomic E-state index is 10.2. The average molecular weight is 318 g/mol. The van der Waals surface area contributed by atoms with Gasteiger partial charge in [-0.25, -0.2) is 4.79 Å². The van der Waals surface area contributed by atoms with Gasteiger partial charge in [-0.1, -0.05) is 58.3 Å². The minimum atomic E-state index is -0.752. The van der Waals surface area contributed by atoms with Crippen molar-refractivity contribution in [3.8, 4) is 0 Å². The van der Waals surface area contributed by atoms with E-state index in [1.165, 1.54) is 44.9 Å². The molecule has 0 saturated heterocycles. The summed E-state index contributed by atoms with van der Waals surface area (Å²) in [5, 5.41) is 16.6. The minimum Gasteiger partial charge on any atom is -0.481 e. The lowest BCUT2D eigenvalue weighted by molar-refractivity contribution is -0.862. The number of quaternary nitrogens is 1. The van der Waals surface area contributed by atoms with Crippen molar-refractivity contribution in [2.75, 3.05) is 27.7 Å². The number of likely N-dealkylation sites (N-methyl/N-ethyl adjacent to an activating group) is 1. The largest absolute Gasteiger partial charge is 0.481 e. The van der Waals surface area contributed by atoms with E-state index in [1.54, 1.807) is 0 Å². The molecule has 0 fully saturated rings. The van der Waals surface area contributed by atoms with E-state index in [0.717, 1.165) is 12.8 Å². The van der Waals surface area contributed by atoms with Crippen LogP contribution in [0.15, 0.2) is 0 Å². The molecule has 0 bridgehead atoms. The molecule has 0 aliphatic heterocycles. The van der Waals surface area contributed by atoms with Gasteiger partial charge in [-0.3, -0.25) is 4.79 Å². The van der Waals surface area contributed by atoms with Crippen LogP contribution >= 0.6 is 0 Å². The van der Waals surface area contributed by atoms with Gasteiger partial charge >= 0.3 is 11.9 Å². The van der Waals surface area contributed by atoms with E-state index in [4.69, 9.17) is 10.2 Å². The monoisotopic (exact) mass is 318 g/mol. The molecule has 0 aliphatic carbocycles. The highest BCUT2D eigenvalue weighted by molar-refractivity contribution is 5.67. The van der Waals surface area contributed by atoms with Gasteiger partial charge in [-0.15, -0.1) is 0 Å². The van der Waals surface area contributed by atoms with Gasteiger partial charge in [-0.2, -0.15) is 0 Å². The fourth-order valence-electron chi connectivity index (χ4n) is 1.99. The van der Waals surface area contributed by atoms with Crippen molar-refractivity contribution in [3.63, 3.8) is 0 Å². The number of hydrogen-bond acceptors (Lipinski definition) is 2. The van der Waals surface area contributed by atoms with Crippen LogP contribution in [0.5, 0.6) is 0 Å². The first-order valence-corrected chi connectivity index (χ1v) is 8.43. The Balaban J connectivity index is 0. The topological polar surface area (TPSA) is 74.6 Å². The molecule has 0 amide bonds. The number of unbranched alkanes of at least 4 members (excludes halogenated alkanes) is 8. The SMILES string of the molecule is CCCCCCCCCCCC(=O)O.C[N+](C)(C)CC(=O)O. The molecule has 0 aliphatic rings. The van der Waals surface area contributed by atoms with Crippen molar-refractivity contribution in [1.82, 2.24) is 0 Å². The van der Waals surface area contributed by atoms with Gasteiger partial charge in [0.25, 0.3) is 0 Å². The average Bonchev–Trinajstić information content (AvgIpc) is 2.34. The molecule has 5 heteroatoms. The van der Waals surface area contributed by atoms with Crippen molar-refractivity contribution < 1.29 is 24.3 Å². The van der Waals surface area contributed by atoms with E-state index in [1.807, 2.05) is 21.1 Å². The molecule has 0 unspecified atom stereocenters. The Labute approximate surface area is 135 Å². The van der Waals surface area contributed by atoms with Crippen LogP contribution in [0.2, 0.25) is 0 Å². The molecule has 0 spiro atoms. The number of carbonyl (C=O) groups is 2. The van der Waals surface area contributed by atoms with Crippen molar-refractivity contribution in [3.05, 3.63) is 0 Å². The van der Waals surface area contributed by atoms with Gasteiger partial charge in [0.05, 0.1) is 21.1 Å². The molecule has 0 saturated carbocycles. The standard InChI is InChI=1S/C12H24O2.C5H11NO2/c1-2-3-4-5-6-7-8-9-10-11-12(13)14;1-6(2,3)4-5(7)8/h2-11H2,1H3,(H,13,14);4H2,1-3H3/p+1. The zero-order valence-corrected chi connectivity index (χ0v) is 14.9. The van der Waals surface area contributed by atoms with Gasteiger partial charge in [0.15, 0.2) is 6.54 Å². The Hall–Kier alpha value is -1.10. The predicted octanol–water partition coefficient (Wildman–Crippen LogP) is 3.77. The number of rotatable bonds is 12. The molecule has 0 aromatic carbocycles. The first kappa shape index (κ1) is 23.2. The highest BCUT2D eigenvalue weighted by atomic mass is 16.4. The Bertz CT molecular complexity index is 285. The van der Waals surface area contributed by atoms with E-state index >= 15 is 0 Å². The molecule has 22 heavy (non-hydrogen) atoms. The van der Waals surface area contributed by atoms with Gasteiger partial charge in [0.1, 0.15) is 0 Å². The Morgan fingerprint density at radius 1 is 0.727 bits per heavy atom. The van der Waals surface area contributed by atoms with Crippen LogP contribution in [0.3, 0.4) is 0 Å². The summed E-state index contributed by atoms with van der Waals surface area (Å²) >= 11 is 0. The quantitative estimate of drug-likeness (QED) is 0.424. The molecule has 0 aromatic rings. The highest BCUT2D eigenvalue weighted by Crippen LogP contribution is 2.10. The van der Waals surface area contributed by atoms with Crippen LogP contribution in [-0.2, 0) is 9.59 Å². The number of aliphatic carboxylic acids is 2. The lowest BCUT2D eigenvalue weighted by Gasteiger charge is -2.20. The predicted molar refractivity (Wildman–Crippen MR) is 90.0 cm³/mol. The molecular weight excluding hydrogens is 282 g/mol. The molecule has 0 aromatic heterocycles. The summed E-state index contributed by atoms with van der Waals surface area (Å²) in [5.74, 6) is -1.41. The van der Waals surface area contributed by atoms with Crippen LogP contribution in [0, 0.1) is 0 Å². The molecule has 0 rings (SSSR count). The van der Waals surface area contributed by atoms with Crippen molar-refractivity contribution >= 4 is 11.9 Å². The maximum absolute atomic E-state index is 10.2. The normalized spacial score (nSPS) is 10.7. The van der Waals surface area contributed by atoms with E-state index in [9.17, 15) is 9.59 Å². The van der Waals surface area contributed by atoms with E-state index in [-0.39, 0.29) is 6.54 Å². The number of nitrogens with zero attached hydrogens (tertiary/aromatic N) is 1. The molecule has 0 atom stereocenters. The van der Waals surface area contributed by atoms with E-state index < -0.39 is 11.9 Å². The zero-order chi connectivity index (χ0) is 17.4. The fourth-order valence-corrected chi connectivity index (χ4v) is 1.99. The summed E-state index contributed by atoms with van der Waals surface area (Å²) in [7, 11) is 5.52. The molecule has 0 heterocycles. The summed E-state index contributed by atoms with van der Waals surface area (Å²) < 4.78 is 0.481. The maximum Gasteiger partial charge on any atom is 0.359 e. The van der Waals surface area contributed by atoms with Crippen LogP contribution < -0.4 is 0 Å². The third-order valence-electron chi connectivity index (χ3n) is 3.10. The number of carboxylic acids is 2. The van der Waals surface area contributed by atoms with Gasteiger partial charge in [0, 0.05) is 6.42 Å². The first-order chi connectivity index (χ1) is 10.2. The van der Waals surface area contributed by atoms with Crippen LogP contribution in [0.4, 0.5) is 0 Å². The van der Waals surface area contributed by atoms with E-state index in [0.29, 0.717) is 10.9 Å². The second-order valence-corrected chi connectivity index (χ2v) is 6.81. The third-order valence-corrected chi connectivity index (χ3v) is 3.10. The van der Waals surface area contributed by atoms with Crippen molar-refractivity contribution in [2.24, 2.45) is 0 Å². The first-order valence-electron chi connectivity index (χ1n) is 8.43. The lowest BCUT2D eigenvalue weighted by atomic mass is 10.1. The second kappa shape index (κ2) is 14.8. The summed E-state index contributed by atoms with van der Waals surface area (Å²) in [6.07, 6.45) is 11.5. The fraction of sp³-hybridized carbons (Fsp3) is 0.882.